The second-order valence-corrected chi connectivity index (χ2v) is 9.52. The van der Waals surface area contributed by atoms with Crippen LogP contribution in [0.25, 0.3) is 0 Å². The third kappa shape index (κ3) is 7.59. The standard InChI is InChI=1S/C27H39NO2/c1-20(2)9-6-10-21(3)11-7-12-22(4)13-8-14-24-19-26(29)28(27(24)30)25-17-15-23(5)16-18-25/h8,14-22H,6-7,9-13H2,1-5H3/b14-8-. The van der Waals surface area contributed by atoms with Crippen LogP contribution < -0.4 is 4.90 Å². The highest BCUT2D eigenvalue weighted by Crippen LogP contribution is 2.24. The van der Waals surface area contributed by atoms with Gasteiger partial charge in [-0.2, -0.15) is 0 Å². The normalized spacial score (nSPS) is 16.6. The maximum atomic E-state index is 12.6. The van der Waals surface area contributed by atoms with Gasteiger partial charge in [-0.15, -0.1) is 0 Å². The van der Waals surface area contributed by atoms with Gasteiger partial charge in [0.1, 0.15) is 0 Å². The number of rotatable bonds is 12. The van der Waals surface area contributed by atoms with Gasteiger partial charge in [0.05, 0.1) is 5.69 Å². The Balaban J connectivity index is 1.73. The lowest BCUT2D eigenvalue weighted by Crippen LogP contribution is -2.30. The Morgan fingerprint density at radius 2 is 1.47 bits per heavy atom. The first kappa shape index (κ1) is 24.1. The van der Waals surface area contributed by atoms with E-state index in [1.807, 2.05) is 43.3 Å². The largest absolute Gasteiger partial charge is 0.269 e. The van der Waals surface area contributed by atoms with Crippen LogP contribution in [0.2, 0.25) is 0 Å². The molecular weight excluding hydrogens is 370 g/mol. The smallest absolute Gasteiger partial charge is 0.265 e. The Bertz CT molecular complexity index is 758. The zero-order valence-electron chi connectivity index (χ0n) is 19.5. The van der Waals surface area contributed by atoms with Gasteiger partial charge in [-0.05, 0) is 43.2 Å². The Hall–Kier alpha value is -2.16. The number of carbonyl (C=O) groups excluding carboxylic acids is 2. The minimum absolute atomic E-state index is 0.233. The first-order valence-corrected chi connectivity index (χ1v) is 11.6. The Morgan fingerprint density at radius 3 is 2.10 bits per heavy atom. The number of anilines is 1. The molecule has 0 aromatic heterocycles. The number of benzene rings is 1. The molecule has 0 spiro atoms. The number of hydrogen-bond donors (Lipinski definition) is 0. The van der Waals surface area contributed by atoms with Crippen LogP contribution in [0.4, 0.5) is 5.69 Å². The average molecular weight is 410 g/mol. The molecule has 1 heterocycles. The zero-order chi connectivity index (χ0) is 22.1. The van der Waals surface area contributed by atoms with Gasteiger partial charge < -0.3 is 0 Å². The average Bonchev–Trinajstić information content (AvgIpc) is 2.96. The fourth-order valence-corrected chi connectivity index (χ4v) is 3.93. The molecule has 2 amide bonds. The molecule has 30 heavy (non-hydrogen) atoms. The summed E-state index contributed by atoms with van der Waals surface area (Å²) in [5, 5.41) is 0. The molecule has 164 valence electrons. The van der Waals surface area contributed by atoms with Crippen molar-refractivity contribution < 1.29 is 9.59 Å². The number of aryl methyl sites for hydroxylation is 1. The summed E-state index contributed by atoms with van der Waals surface area (Å²) in [5.74, 6) is 1.72. The van der Waals surface area contributed by atoms with Crippen molar-refractivity contribution in [2.75, 3.05) is 4.90 Å². The molecule has 0 radical (unpaired) electrons. The van der Waals surface area contributed by atoms with Crippen molar-refractivity contribution in [3.63, 3.8) is 0 Å². The second kappa shape index (κ2) is 11.9. The minimum Gasteiger partial charge on any atom is -0.269 e. The molecule has 1 aliphatic rings. The summed E-state index contributed by atoms with van der Waals surface area (Å²) in [4.78, 5) is 26.2. The van der Waals surface area contributed by atoms with Crippen molar-refractivity contribution in [3.8, 4) is 0 Å². The molecule has 0 bridgehead atoms. The number of nitrogens with zero attached hydrogens (tertiary/aromatic N) is 1. The van der Waals surface area contributed by atoms with E-state index in [-0.39, 0.29) is 11.8 Å². The summed E-state index contributed by atoms with van der Waals surface area (Å²) in [7, 11) is 0. The lowest BCUT2D eigenvalue weighted by atomic mass is 9.92. The van der Waals surface area contributed by atoms with Crippen LogP contribution in [0.3, 0.4) is 0 Å². The number of imide groups is 1. The van der Waals surface area contributed by atoms with Crippen molar-refractivity contribution in [1.82, 2.24) is 0 Å². The molecule has 0 saturated carbocycles. The van der Waals surface area contributed by atoms with Crippen molar-refractivity contribution in [2.45, 2.75) is 79.6 Å². The van der Waals surface area contributed by atoms with E-state index < -0.39 is 0 Å². The predicted molar refractivity (Wildman–Crippen MR) is 126 cm³/mol. The summed E-state index contributed by atoms with van der Waals surface area (Å²) in [6.07, 6.45) is 14.0. The highest BCUT2D eigenvalue weighted by molar-refractivity contribution is 6.31. The van der Waals surface area contributed by atoms with Gasteiger partial charge in [0.15, 0.2) is 0 Å². The minimum atomic E-state index is -0.261. The summed E-state index contributed by atoms with van der Waals surface area (Å²) < 4.78 is 0. The third-order valence-corrected chi connectivity index (χ3v) is 5.95. The molecule has 3 heteroatoms. The zero-order valence-corrected chi connectivity index (χ0v) is 19.5. The quantitative estimate of drug-likeness (QED) is 0.348. The molecule has 0 fully saturated rings. The molecule has 0 N–H and O–H groups in total. The molecule has 0 aliphatic carbocycles. The molecule has 1 aliphatic heterocycles. The Labute approximate surface area is 183 Å². The van der Waals surface area contributed by atoms with Crippen molar-refractivity contribution >= 4 is 17.5 Å². The van der Waals surface area contributed by atoms with Gasteiger partial charge in [0.25, 0.3) is 11.8 Å². The predicted octanol–water partition coefficient (Wildman–Crippen LogP) is 7.01. The SMILES string of the molecule is Cc1ccc(N2C(=O)C=C(/C=C\CC(C)CCCC(C)CCCC(C)C)C2=O)cc1. The number of hydrogen-bond acceptors (Lipinski definition) is 2. The van der Waals surface area contributed by atoms with Gasteiger partial charge in [-0.1, -0.05) is 96.1 Å². The fourth-order valence-electron chi connectivity index (χ4n) is 3.93. The maximum Gasteiger partial charge on any atom is 0.265 e. The van der Waals surface area contributed by atoms with E-state index in [1.54, 1.807) is 0 Å². The van der Waals surface area contributed by atoms with Gasteiger partial charge in [-0.25, -0.2) is 4.90 Å². The van der Waals surface area contributed by atoms with Gasteiger partial charge in [0, 0.05) is 11.6 Å². The number of carbonyl (C=O) groups is 2. The van der Waals surface area contributed by atoms with Crippen LogP contribution in [0.5, 0.6) is 0 Å². The summed E-state index contributed by atoms with van der Waals surface area (Å²) in [6.45, 7) is 11.2. The second-order valence-electron chi connectivity index (χ2n) is 9.52. The molecule has 1 aromatic carbocycles. The number of allylic oxidation sites excluding steroid dienone is 1. The molecular formula is C27H39NO2. The van der Waals surface area contributed by atoms with E-state index in [9.17, 15) is 9.59 Å². The summed E-state index contributed by atoms with van der Waals surface area (Å²) >= 11 is 0. The van der Waals surface area contributed by atoms with Crippen LogP contribution in [0, 0.1) is 24.7 Å². The van der Waals surface area contributed by atoms with E-state index in [2.05, 4.69) is 27.7 Å². The molecule has 3 nitrogen and oxygen atoms in total. The van der Waals surface area contributed by atoms with Crippen molar-refractivity contribution in [3.05, 3.63) is 53.6 Å². The molecule has 2 unspecified atom stereocenters. The molecule has 1 aromatic rings. The Morgan fingerprint density at radius 1 is 0.867 bits per heavy atom. The van der Waals surface area contributed by atoms with Crippen LogP contribution in [-0.2, 0) is 9.59 Å². The van der Waals surface area contributed by atoms with Gasteiger partial charge in [-0.3, -0.25) is 9.59 Å². The number of amides is 2. The van der Waals surface area contributed by atoms with E-state index in [4.69, 9.17) is 0 Å². The fraction of sp³-hybridized carbons (Fsp3) is 0.556. The van der Waals surface area contributed by atoms with E-state index in [0.717, 1.165) is 23.8 Å². The van der Waals surface area contributed by atoms with Gasteiger partial charge in [0.2, 0.25) is 0 Å². The van der Waals surface area contributed by atoms with E-state index in [1.165, 1.54) is 49.5 Å². The van der Waals surface area contributed by atoms with Crippen molar-refractivity contribution in [2.24, 2.45) is 17.8 Å². The van der Waals surface area contributed by atoms with Crippen molar-refractivity contribution in [1.29, 1.82) is 0 Å². The highest BCUT2D eigenvalue weighted by atomic mass is 16.2. The first-order valence-electron chi connectivity index (χ1n) is 11.6. The molecule has 0 saturated heterocycles. The van der Waals surface area contributed by atoms with Crippen LogP contribution in [0.15, 0.2) is 48.1 Å². The topological polar surface area (TPSA) is 37.4 Å². The van der Waals surface area contributed by atoms with Crippen LogP contribution >= 0.6 is 0 Å². The monoisotopic (exact) mass is 409 g/mol. The third-order valence-electron chi connectivity index (χ3n) is 5.95. The highest BCUT2D eigenvalue weighted by Gasteiger charge is 2.30. The lowest BCUT2D eigenvalue weighted by Gasteiger charge is -2.15. The maximum absolute atomic E-state index is 12.6. The van der Waals surface area contributed by atoms with Gasteiger partial charge >= 0.3 is 0 Å². The summed E-state index contributed by atoms with van der Waals surface area (Å²) in [5.41, 5.74) is 2.21. The first-order chi connectivity index (χ1) is 14.3. The Kier molecular flexibility index (Phi) is 9.55. The molecule has 2 rings (SSSR count). The van der Waals surface area contributed by atoms with E-state index >= 15 is 0 Å². The lowest BCUT2D eigenvalue weighted by molar-refractivity contribution is -0.120. The van der Waals surface area contributed by atoms with Crippen LogP contribution in [-0.4, -0.2) is 11.8 Å². The summed E-state index contributed by atoms with van der Waals surface area (Å²) in [6, 6.07) is 7.46. The molecule has 2 atom stereocenters. The van der Waals surface area contributed by atoms with E-state index in [0.29, 0.717) is 17.2 Å². The van der Waals surface area contributed by atoms with Crippen LogP contribution in [0.1, 0.15) is 78.2 Å².